The summed E-state index contributed by atoms with van der Waals surface area (Å²) in [5, 5.41) is 6.75. The number of anilines is 4. The number of carbonyl (C=O) groups is 1. The molecule has 1 amide bonds. The second kappa shape index (κ2) is 9.47. The highest BCUT2D eigenvalue weighted by atomic mass is 19.1. The van der Waals surface area contributed by atoms with Crippen molar-refractivity contribution < 1.29 is 9.18 Å². The minimum Gasteiger partial charge on any atom is -0.369 e. The molecule has 0 saturated carbocycles. The van der Waals surface area contributed by atoms with Crippen LogP contribution in [0.3, 0.4) is 0 Å². The van der Waals surface area contributed by atoms with E-state index in [0.717, 1.165) is 42.9 Å². The van der Waals surface area contributed by atoms with E-state index in [1.807, 2.05) is 48.5 Å². The summed E-state index contributed by atoms with van der Waals surface area (Å²) in [5.74, 6) is -0.539. The maximum atomic E-state index is 14.3. The monoisotopic (exact) mass is 478 g/mol. The molecule has 4 aromatic rings. The molecule has 0 aliphatic carbocycles. The molecule has 1 saturated heterocycles. The second-order valence-electron chi connectivity index (χ2n) is 9.21. The van der Waals surface area contributed by atoms with Gasteiger partial charge in [0.2, 0.25) is 0 Å². The normalized spacial score (nSPS) is 15.1. The average Bonchev–Trinajstić information content (AvgIpc) is 3.04. The molecule has 2 heterocycles. The Morgan fingerprint density at radius 2 is 1.50 bits per heavy atom. The third kappa shape index (κ3) is 4.32. The van der Waals surface area contributed by atoms with E-state index in [1.54, 1.807) is 11.0 Å². The SMILES string of the molecule is O=C1c2cc(-c3ccc(N4CCNCC4)cc3)ccc2Nc2ccc(F)cc2N1Cc1ccccc1. The van der Waals surface area contributed by atoms with Crippen LogP contribution in [-0.4, -0.2) is 32.1 Å². The summed E-state index contributed by atoms with van der Waals surface area (Å²) in [4.78, 5) is 17.9. The van der Waals surface area contributed by atoms with Crippen molar-refractivity contribution in [1.82, 2.24) is 5.32 Å². The van der Waals surface area contributed by atoms with Gasteiger partial charge in [0.1, 0.15) is 5.82 Å². The van der Waals surface area contributed by atoms with E-state index >= 15 is 0 Å². The summed E-state index contributed by atoms with van der Waals surface area (Å²) in [7, 11) is 0. The summed E-state index contributed by atoms with van der Waals surface area (Å²) >= 11 is 0. The van der Waals surface area contributed by atoms with E-state index in [1.165, 1.54) is 17.8 Å². The minimum absolute atomic E-state index is 0.162. The van der Waals surface area contributed by atoms with Gasteiger partial charge in [0, 0.05) is 31.9 Å². The fourth-order valence-electron chi connectivity index (χ4n) is 4.95. The van der Waals surface area contributed by atoms with Gasteiger partial charge in [-0.25, -0.2) is 4.39 Å². The number of hydrogen-bond acceptors (Lipinski definition) is 4. The predicted molar refractivity (Wildman–Crippen MR) is 144 cm³/mol. The van der Waals surface area contributed by atoms with Crippen LogP contribution in [0, 0.1) is 5.82 Å². The Hall–Kier alpha value is -4.16. The van der Waals surface area contributed by atoms with Crippen molar-refractivity contribution in [2.45, 2.75) is 6.54 Å². The highest BCUT2D eigenvalue weighted by Gasteiger charge is 2.28. The fourth-order valence-corrected chi connectivity index (χ4v) is 4.95. The van der Waals surface area contributed by atoms with Crippen molar-refractivity contribution in [2.24, 2.45) is 0 Å². The molecule has 2 aliphatic rings. The van der Waals surface area contributed by atoms with E-state index in [4.69, 9.17) is 0 Å². The third-order valence-corrected chi connectivity index (χ3v) is 6.88. The highest BCUT2D eigenvalue weighted by Crippen LogP contribution is 2.38. The maximum absolute atomic E-state index is 14.3. The van der Waals surface area contributed by atoms with Crippen LogP contribution >= 0.6 is 0 Å². The van der Waals surface area contributed by atoms with Gasteiger partial charge < -0.3 is 20.4 Å². The van der Waals surface area contributed by atoms with Gasteiger partial charge in [-0.2, -0.15) is 0 Å². The van der Waals surface area contributed by atoms with E-state index in [9.17, 15) is 9.18 Å². The predicted octanol–water partition coefficient (Wildman–Crippen LogP) is 5.81. The topological polar surface area (TPSA) is 47.6 Å². The lowest BCUT2D eigenvalue weighted by Crippen LogP contribution is -2.43. The fraction of sp³-hybridized carbons (Fsp3) is 0.167. The first-order valence-corrected chi connectivity index (χ1v) is 12.3. The van der Waals surface area contributed by atoms with Crippen molar-refractivity contribution in [3.8, 4) is 11.1 Å². The van der Waals surface area contributed by atoms with Crippen LogP contribution in [0.4, 0.5) is 27.1 Å². The van der Waals surface area contributed by atoms with Gasteiger partial charge in [-0.15, -0.1) is 0 Å². The molecule has 4 aromatic carbocycles. The Morgan fingerprint density at radius 1 is 0.778 bits per heavy atom. The smallest absolute Gasteiger partial charge is 0.260 e. The van der Waals surface area contributed by atoms with E-state index < -0.39 is 0 Å². The summed E-state index contributed by atoms with van der Waals surface area (Å²) in [6.07, 6.45) is 0. The molecule has 0 aromatic heterocycles. The van der Waals surface area contributed by atoms with Crippen LogP contribution in [0.2, 0.25) is 0 Å². The van der Waals surface area contributed by atoms with E-state index in [0.29, 0.717) is 29.2 Å². The molecular weight excluding hydrogens is 451 g/mol. The zero-order valence-corrected chi connectivity index (χ0v) is 19.9. The quantitative estimate of drug-likeness (QED) is 0.389. The molecule has 0 radical (unpaired) electrons. The number of halogens is 1. The standard InChI is InChI=1S/C30H27FN4O/c31-24-9-13-28-29(19-24)35(20-21-4-2-1-3-5-21)30(36)26-18-23(8-12-27(26)33-28)22-6-10-25(11-7-22)34-16-14-32-15-17-34/h1-13,18-19,32-33H,14-17,20H2. The van der Waals surface area contributed by atoms with Gasteiger partial charge in [-0.3, -0.25) is 4.79 Å². The van der Waals surface area contributed by atoms with Crippen LogP contribution < -0.4 is 20.4 Å². The Kier molecular flexibility index (Phi) is 5.87. The van der Waals surface area contributed by atoms with Crippen LogP contribution in [0.15, 0.2) is 91.0 Å². The number of hydrogen-bond donors (Lipinski definition) is 2. The molecule has 0 spiro atoms. The Morgan fingerprint density at radius 3 is 2.28 bits per heavy atom. The lowest BCUT2D eigenvalue weighted by Gasteiger charge is -2.29. The summed E-state index contributed by atoms with van der Waals surface area (Å²) in [6.45, 7) is 4.33. The number of nitrogens with one attached hydrogen (secondary N) is 2. The van der Waals surface area contributed by atoms with Crippen molar-refractivity contribution >= 4 is 28.7 Å². The van der Waals surface area contributed by atoms with Crippen molar-refractivity contribution in [1.29, 1.82) is 0 Å². The number of carbonyl (C=O) groups excluding carboxylic acids is 1. The molecule has 2 N–H and O–H groups in total. The Bertz CT molecular complexity index is 1400. The number of fused-ring (bicyclic) bond motifs is 2. The molecule has 6 rings (SSSR count). The number of piperazine rings is 1. The first-order valence-electron chi connectivity index (χ1n) is 12.3. The van der Waals surface area contributed by atoms with Crippen LogP contribution in [0.25, 0.3) is 11.1 Å². The largest absolute Gasteiger partial charge is 0.369 e. The molecule has 0 bridgehead atoms. The molecule has 0 atom stereocenters. The summed E-state index contributed by atoms with van der Waals surface area (Å²) < 4.78 is 14.3. The zero-order chi connectivity index (χ0) is 24.5. The molecule has 6 heteroatoms. The van der Waals surface area contributed by atoms with Gasteiger partial charge in [-0.05, 0) is 59.2 Å². The highest BCUT2D eigenvalue weighted by molar-refractivity contribution is 6.14. The number of nitrogens with zero attached hydrogens (tertiary/aromatic N) is 2. The van der Waals surface area contributed by atoms with Crippen LogP contribution in [0.1, 0.15) is 15.9 Å². The average molecular weight is 479 g/mol. The van der Waals surface area contributed by atoms with Gasteiger partial charge in [-0.1, -0.05) is 48.5 Å². The first kappa shape index (κ1) is 22.3. The van der Waals surface area contributed by atoms with Crippen LogP contribution in [-0.2, 0) is 6.54 Å². The minimum atomic E-state index is -0.377. The first-order chi connectivity index (χ1) is 17.7. The maximum Gasteiger partial charge on any atom is 0.260 e. The Labute approximate surface area is 210 Å². The summed E-state index contributed by atoms with van der Waals surface area (Å²) in [6, 6.07) is 28.7. The second-order valence-corrected chi connectivity index (χ2v) is 9.21. The molecule has 0 unspecified atom stereocenters. The van der Waals surface area contributed by atoms with Crippen molar-refractivity contribution in [3.05, 3.63) is 108 Å². The Balaban J connectivity index is 1.36. The molecule has 36 heavy (non-hydrogen) atoms. The van der Waals surface area contributed by atoms with E-state index in [2.05, 4.69) is 39.8 Å². The van der Waals surface area contributed by atoms with Crippen molar-refractivity contribution in [3.63, 3.8) is 0 Å². The molecule has 1 fully saturated rings. The number of rotatable bonds is 4. The third-order valence-electron chi connectivity index (χ3n) is 6.88. The number of benzene rings is 4. The lowest BCUT2D eigenvalue weighted by molar-refractivity contribution is 0.0986. The number of amides is 1. The summed E-state index contributed by atoms with van der Waals surface area (Å²) in [5.41, 5.74) is 6.70. The van der Waals surface area contributed by atoms with Crippen molar-refractivity contribution in [2.75, 3.05) is 41.3 Å². The van der Waals surface area contributed by atoms with E-state index in [-0.39, 0.29) is 11.7 Å². The van der Waals surface area contributed by atoms with Crippen LogP contribution in [0.5, 0.6) is 0 Å². The van der Waals surface area contributed by atoms with Gasteiger partial charge in [0.25, 0.3) is 5.91 Å². The lowest BCUT2D eigenvalue weighted by atomic mass is 10.0. The molecule has 180 valence electrons. The zero-order valence-electron chi connectivity index (χ0n) is 19.9. The molecule has 5 nitrogen and oxygen atoms in total. The van der Waals surface area contributed by atoms with Gasteiger partial charge in [0.15, 0.2) is 0 Å². The van der Waals surface area contributed by atoms with Gasteiger partial charge >= 0.3 is 0 Å². The molecular formula is C30H27FN4O. The molecule has 2 aliphatic heterocycles. The van der Waals surface area contributed by atoms with Gasteiger partial charge in [0.05, 0.1) is 29.2 Å².